The molecule has 0 amide bonds. The van der Waals surface area contributed by atoms with Gasteiger partial charge in [-0.2, -0.15) is 5.10 Å². The Bertz CT molecular complexity index is 1340. The van der Waals surface area contributed by atoms with Crippen LogP contribution >= 0.6 is 0 Å². The highest BCUT2D eigenvalue weighted by molar-refractivity contribution is 7.91. The van der Waals surface area contributed by atoms with Gasteiger partial charge < -0.3 is 20.5 Å². The Morgan fingerprint density at radius 2 is 2.00 bits per heavy atom. The van der Waals surface area contributed by atoms with E-state index in [0.717, 1.165) is 31.2 Å². The van der Waals surface area contributed by atoms with Gasteiger partial charge in [0.1, 0.15) is 11.0 Å². The third kappa shape index (κ3) is 3.42. The summed E-state index contributed by atoms with van der Waals surface area (Å²) in [5.41, 5.74) is -0.526. The van der Waals surface area contributed by atoms with Crippen molar-refractivity contribution in [2.75, 3.05) is 17.7 Å². The fourth-order valence-electron chi connectivity index (χ4n) is 4.88. The number of nitrogens with zero attached hydrogens (tertiary/aromatic N) is 2. The zero-order valence-corrected chi connectivity index (χ0v) is 18.4. The molecule has 1 aliphatic carbocycles. The fraction of sp³-hybridized carbons (Fsp3) is 0.455. The van der Waals surface area contributed by atoms with Crippen LogP contribution in [0.4, 0.5) is 11.5 Å². The Labute approximate surface area is 185 Å². The second kappa shape index (κ2) is 7.72. The van der Waals surface area contributed by atoms with Crippen molar-refractivity contribution in [1.82, 2.24) is 14.8 Å². The van der Waals surface area contributed by atoms with E-state index in [4.69, 9.17) is 5.10 Å². The van der Waals surface area contributed by atoms with E-state index in [1.807, 2.05) is 10.7 Å². The molecule has 10 heteroatoms. The van der Waals surface area contributed by atoms with E-state index >= 15 is 0 Å². The predicted molar refractivity (Wildman–Crippen MR) is 120 cm³/mol. The summed E-state index contributed by atoms with van der Waals surface area (Å²) in [7, 11) is -3.54. The highest BCUT2D eigenvalue weighted by atomic mass is 32.2. The van der Waals surface area contributed by atoms with Crippen molar-refractivity contribution in [2.24, 2.45) is 0 Å². The minimum atomic E-state index is -3.54. The SMILES string of the molecule is O=c1[nH]ccc2c1c(Nc1ccc3c(c1)C(O)(CO)CCS3(=O)=O)nn2C1CCCCC1. The zero-order chi connectivity index (χ0) is 22.5. The van der Waals surface area contributed by atoms with Gasteiger partial charge in [-0.25, -0.2) is 8.42 Å². The number of nitrogens with one attached hydrogen (secondary N) is 2. The number of anilines is 2. The number of hydrogen-bond donors (Lipinski definition) is 4. The molecular weight excluding hydrogens is 432 g/mol. The molecule has 4 N–H and O–H groups in total. The van der Waals surface area contributed by atoms with E-state index in [1.54, 1.807) is 12.3 Å². The van der Waals surface area contributed by atoms with Crippen LogP contribution in [0.1, 0.15) is 50.1 Å². The maximum Gasteiger partial charge on any atom is 0.261 e. The number of aromatic amines is 1. The first-order valence-corrected chi connectivity index (χ1v) is 12.6. The number of hydrogen-bond acceptors (Lipinski definition) is 7. The number of benzene rings is 1. The second-order valence-corrected chi connectivity index (χ2v) is 10.8. The van der Waals surface area contributed by atoms with Crippen molar-refractivity contribution in [3.05, 3.63) is 46.4 Å². The standard InChI is InChI=1S/C22H26N4O5S/c27-13-22(29)9-11-32(30,31)18-7-6-14(12-16(18)22)24-20-19-17(8-10-23-21(19)28)26(25-20)15-4-2-1-3-5-15/h6-8,10,12,15,27,29H,1-5,9,11,13H2,(H,23,28)(H,24,25). The molecule has 1 aliphatic heterocycles. The molecule has 1 atom stereocenters. The predicted octanol–water partition coefficient (Wildman–Crippen LogP) is 2.33. The zero-order valence-electron chi connectivity index (χ0n) is 17.5. The van der Waals surface area contributed by atoms with Crippen LogP contribution in [0.15, 0.2) is 40.2 Å². The summed E-state index contributed by atoms with van der Waals surface area (Å²) in [4.78, 5) is 15.4. The van der Waals surface area contributed by atoms with Gasteiger partial charge in [-0.3, -0.25) is 9.48 Å². The third-order valence-electron chi connectivity index (χ3n) is 6.68. The minimum Gasteiger partial charge on any atom is -0.393 e. The molecule has 0 saturated heterocycles. The van der Waals surface area contributed by atoms with Gasteiger partial charge in [-0.1, -0.05) is 19.3 Å². The summed E-state index contributed by atoms with van der Waals surface area (Å²) >= 11 is 0. The van der Waals surface area contributed by atoms with Gasteiger partial charge in [0.15, 0.2) is 15.7 Å². The molecule has 5 rings (SSSR count). The van der Waals surface area contributed by atoms with Crippen LogP contribution < -0.4 is 10.9 Å². The van der Waals surface area contributed by atoms with E-state index in [2.05, 4.69) is 10.3 Å². The molecule has 32 heavy (non-hydrogen) atoms. The summed E-state index contributed by atoms with van der Waals surface area (Å²) < 4.78 is 26.9. The number of rotatable bonds is 4. The first-order chi connectivity index (χ1) is 15.3. The van der Waals surface area contributed by atoms with Gasteiger partial charge in [-0.05, 0) is 43.5 Å². The number of pyridine rings is 1. The van der Waals surface area contributed by atoms with Crippen LogP contribution in [-0.4, -0.2) is 45.8 Å². The Hall–Kier alpha value is -2.69. The highest BCUT2D eigenvalue weighted by Crippen LogP contribution is 2.39. The largest absolute Gasteiger partial charge is 0.393 e. The van der Waals surface area contributed by atoms with Gasteiger partial charge in [-0.15, -0.1) is 0 Å². The topological polar surface area (TPSA) is 137 Å². The van der Waals surface area contributed by atoms with Crippen LogP contribution in [0.3, 0.4) is 0 Å². The Balaban J connectivity index is 1.60. The quantitative estimate of drug-likeness (QED) is 0.471. The highest BCUT2D eigenvalue weighted by Gasteiger charge is 2.40. The van der Waals surface area contributed by atoms with Crippen LogP contribution in [-0.2, 0) is 15.4 Å². The van der Waals surface area contributed by atoms with E-state index in [-0.39, 0.29) is 34.2 Å². The lowest BCUT2D eigenvalue weighted by Gasteiger charge is -2.32. The van der Waals surface area contributed by atoms with Crippen LogP contribution in [0.25, 0.3) is 10.9 Å². The van der Waals surface area contributed by atoms with E-state index in [9.17, 15) is 23.4 Å². The van der Waals surface area contributed by atoms with Gasteiger partial charge in [0, 0.05) is 17.4 Å². The summed E-state index contributed by atoms with van der Waals surface area (Å²) in [6.07, 6.45) is 6.98. The first kappa shape index (κ1) is 21.2. The molecule has 170 valence electrons. The lowest BCUT2D eigenvalue weighted by molar-refractivity contribution is -0.0255. The molecule has 3 aromatic rings. The molecule has 2 aromatic heterocycles. The molecule has 1 aromatic carbocycles. The van der Waals surface area contributed by atoms with Crippen LogP contribution in [0.2, 0.25) is 0 Å². The van der Waals surface area contributed by atoms with Crippen molar-refractivity contribution in [3.8, 4) is 0 Å². The molecular formula is C22H26N4O5S. The normalized spacial score (nSPS) is 23.2. The molecule has 0 radical (unpaired) electrons. The van der Waals surface area contributed by atoms with Crippen LogP contribution in [0.5, 0.6) is 0 Å². The molecule has 2 aliphatic rings. The smallest absolute Gasteiger partial charge is 0.261 e. The third-order valence-corrected chi connectivity index (χ3v) is 8.44. The Morgan fingerprint density at radius 1 is 1.22 bits per heavy atom. The monoisotopic (exact) mass is 458 g/mol. The lowest BCUT2D eigenvalue weighted by atomic mass is 9.91. The number of aliphatic hydroxyl groups excluding tert-OH is 1. The summed E-state index contributed by atoms with van der Waals surface area (Å²) in [5, 5.41) is 28.9. The maximum atomic E-state index is 12.7. The lowest BCUT2D eigenvalue weighted by Crippen LogP contribution is -2.38. The second-order valence-electron chi connectivity index (χ2n) is 8.75. The van der Waals surface area contributed by atoms with E-state index < -0.39 is 22.0 Å². The van der Waals surface area contributed by atoms with Gasteiger partial charge in [0.05, 0.1) is 28.8 Å². The number of H-pyrrole nitrogens is 1. The van der Waals surface area contributed by atoms with E-state index in [0.29, 0.717) is 16.9 Å². The van der Waals surface area contributed by atoms with Gasteiger partial charge in [0.25, 0.3) is 5.56 Å². The molecule has 1 unspecified atom stereocenters. The molecule has 0 spiro atoms. The number of aromatic nitrogens is 3. The van der Waals surface area contributed by atoms with Crippen molar-refractivity contribution in [2.45, 2.75) is 55.1 Å². The summed E-state index contributed by atoms with van der Waals surface area (Å²) in [6.45, 7) is -0.585. The number of aliphatic hydroxyl groups is 2. The van der Waals surface area contributed by atoms with Crippen molar-refractivity contribution in [3.63, 3.8) is 0 Å². The minimum absolute atomic E-state index is 0.0151. The number of fused-ring (bicyclic) bond motifs is 2. The Morgan fingerprint density at radius 3 is 2.75 bits per heavy atom. The molecule has 1 saturated carbocycles. The molecule has 9 nitrogen and oxygen atoms in total. The molecule has 3 heterocycles. The molecule has 0 bridgehead atoms. The van der Waals surface area contributed by atoms with Crippen LogP contribution in [0, 0.1) is 0 Å². The first-order valence-electron chi connectivity index (χ1n) is 10.9. The van der Waals surface area contributed by atoms with E-state index in [1.165, 1.54) is 18.6 Å². The summed E-state index contributed by atoms with van der Waals surface area (Å²) in [5.74, 6) is 0.147. The van der Waals surface area contributed by atoms with Crippen molar-refractivity contribution < 1.29 is 18.6 Å². The maximum absolute atomic E-state index is 12.7. The van der Waals surface area contributed by atoms with Crippen molar-refractivity contribution in [1.29, 1.82) is 0 Å². The fourth-order valence-corrected chi connectivity index (χ4v) is 6.57. The average molecular weight is 459 g/mol. The van der Waals surface area contributed by atoms with Crippen molar-refractivity contribution >= 4 is 32.2 Å². The Kier molecular flexibility index (Phi) is 5.11. The van der Waals surface area contributed by atoms with Gasteiger partial charge >= 0.3 is 0 Å². The van der Waals surface area contributed by atoms with Gasteiger partial charge in [0.2, 0.25) is 0 Å². The average Bonchev–Trinajstić information content (AvgIpc) is 3.17. The summed E-state index contributed by atoms with van der Waals surface area (Å²) in [6, 6.07) is 6.59. The molecule has 1 fully saturated rings. The number of sulfone groups is 1.